The van der Waals surface area contributed by atoms with Gasteiger partial charge in [-0.05, 0) is 42.9 Å². The van der Waals surface area contributed by atoms with E-state index in [0.717, 1.165) is 71.7 Å². The molecule has 2 amide bonds. The monoisotopic (exact) mass is 360 g/mol. The van der Waals surface area contributed by atoms with Crippen LogP contribution in [0.15, 0.2) is 24.3 Å². The lowest BCUT2D eigenvalue weighted by Gasteiger charge is -2.32. The van der Waals surface area contributed by atoms with Crippen molar-refractivity contribution in [2.45, 2.75) is 31.7 Å². The molecular weight excluding hydrogens is 328 g/mol. The van der Waals surface area contributed by atoms with Gasteiger partial charge in [-0.3, -0.25) is 4.90 Å². The summed E-state index contributed by atoms with van der Waals surface area (Å²) in [6, 6.07) is 8.65. The lowest BCUT2D eigenvalue weighted by atomic mass is 9.88. The smallest absolute Gasteiger partial charge is 0.317 e. The Morgan fingerprint density at radius 3 is 2.69 bits per heavy atom. The van der Waals surface area contributed by atoms with E-state index in [9.17, 15) is 4.79 Å². The van der Waals surface area contributed by atoms with Gasteiger partial charge in [0.05, 0.1) is 13.2 Å². The molecule has 0 saturated carbocycles. The zero-order chi connectivity index (χ0) is 18.2. The molecule has 0 atom stereocenters. The Morgan fingerprint density at radius 1 is 1.19 bits per heavy atom. The molecule has 0 unspecified atom stereocenters. The molecule has 0 radical (unpaired) electrons. The Hall–Kier alpha value is -1.63. The molecule has 26 heavy (non-hydrogen) atoms. The minimum atomic E-state index is 0.0844. The fourth-order valence-electron chi connectivity index (χ4n) is 3.82. The van der Waals surface area contributed by atoms with Crippen molar-refractivity contribution in [3.8, 4) is 0 Å². The van der Waals surface area contributed by atoms with E-state index in [-0.39, 0.29) is 6.03 Å². The van der Waals surface area contributed by atoms with Crippen LogP contribution < -0.4 is 11.1 Å². The number of urea groups is 1. The molecule has 2 fully saturated rings. The van der Waals surface area contributed by atoms with E-state index in [0.29, 0.717) is 12.5 Å². The number of carbonyl (C=O) groups excluding carboxylic acids is 1. The second kappa shape index (κ2) is 9.90. The van der Waals surface area contributed by atoms with Crippen LogP contribution in [0.25, 0.3) is 0 Å². The second-order valence-corrected chi connectivity index (χ2v) is 7.25. The summed E-state index contributed by atoms with van der Waals surface area (Å²) >= 11 is 0. The number of carbonyl (C=O) groups is 1. The molecule has 3 rings (SSSR count). The highest BCUT2D eigenvalue weighted by molar-refractivity contribution is 5.74. The summed E-state index contributed by atoms with van der Waals surface area (Å²) in [6.07, 6.45) is 3.04. The van der Waals surface area contributed by atoms with Gasteiger partial charge in [0, 0.05) is 39.3 Å². The molecule has 0 aliphatic carbocycles. The summed E-state index contributed by atoms with van der Waals surface area (Å²) in [7, 11) is 0. The highest BCUT2D eigenvalue weighted by atomic mass is 16.5. The number of hydrogen-bond acceptors (Lipinski definition) is 4. The van der Waals surface area contributed by atoms with E-state index >= 15 is 0 Å². The molecule has 1 aromatic rings. The minimum absolute atomic E-state index is 0.0844. The van der Waals surface area contributed by atoms with Crippen LogP contribution in [0.1, 0.15) is 36.3 Å². The van der Waals surface area contributed by atoms with E-state index < -0.39 is 0 Å². The van der Waals surface area contributed by atoms with Crippen molar-refractivity contribution in [1.29, 1.82) is 0 Å². The number of nitrogens with two attached hydrogens (primary N) is 1. The molecule has 3 N–H and O–H groups in total. The number of nitrogens with zero attached hydrogens (tertiary/aromatic N) is 2. The maximum absolute atomic E-state index is 12.4. The molecule has 2 aliphatic heterocycles. The van der Waals surface area contributed by atoms with E-state index in [1.165, 1.54) is 11.1 Å². The second-order valence-electron chi connectivity index (χ2n) is 7.25. The van der Waals surface area contributed by atoms with Gasteiger partial charge in [0.2, 0.25) is 0 Å². The first kappa shape index (κ1) is 19.1. The average molecular weight is 361 g/mol. The first-order valence-electron chi connectivity index (χ1n) is 9.88. The van der Waals surface area contributed by atoms with Crippen LogP contribution in [-0.4, -0.2) is 68.3 Å². The van der Waals surface area contributed by atoms with Crippen molar-refractivity contribution in [3.05, 3.63) is 35.4 Å². The number of hydrogen-bond donors (Lipinski definition) is 2. The third-order valence-corrected chi connectivity index (χ3v) is 5.47. The van der Waals surface area contributed by atoms with Gasteiger partial charge in [0.1, 0.15) is 0 Å². The largest absolute Gasteiger partial charge is 0.379 e. The molecule has 6 nitrogen and oxygen atoms in total. The van der Waals surface area contributed by atoms with Crippen LogP contribution >= 0.6 is 0 Å². The standard InChI is InChI=1S/C20H32N4O2/c21-16-17-3-1-4-19(15-17)18-5-9-24(10-6-18)20(25)22-7-2-8-23-11-13-26-14-12-23/h1,3-4,15,18H,2,5-14,16,21H2,(H,22,25). The Kier molecular flexibility index (Phi) is 7.29. The maximum atomic E-state index is 12.4. The number of morpholine rings is 1. The predicted octanol–water partition coefficient (Wildman–Crippen LogP) is 1.76. The van der Waals surface area contributed by atoms with Crippen molar-refractivity contribution in [2.75, 3.05) is 52.5 Å². The van der Waals surface area contributed by atoms with Gasteiger partial charge < -0.3 is 20.7 Å². The number of rotatable bonds is 6. The molecule has 2 aliphatic rings. The van der Waals surface area contributed by atoms with E-state index in [2.05, 4.69) is 34.5 Å². The molecule has 2 saturated heterocycles. The highest BCUT2D eigenvalue weighted by Crippen LogP contribution is 2.28. The fourth-order valence-corrected chi connectivity index (χ4v) is 3.82. The summed E-state index contributed by atoms with van der Waals surface area (Å²) in [5, 5.41) is 3.08. The lowest BCUT2D eigenvalue weighted by Crippen LogP contribution is -2.45. The van der Waals surface area contributed by atoms with Crippen molar-refractivity contribution >= 4 is 6.03 Å². The van der Waals surface area contributed by atoms with Gasteiger partial charge in [-0.1, -0.05) is 24.3 Å². The number of likely N-dealkylation sites (tertiary alicyclic amines) is 1. The molecule has 0 aromatic heterocycles. The van der Waals surface area contributed by atoms with Gasteiger partial charge in [0.25, 0.3) is 0 Å². The molecular formula is C20H32N4O2. The lowest BCUT2D eigenvalue weighted by molar-refractivity contribution is 0.0375. The Bertz CT molecular complexity index is 567. The van der Waals surface area contributed by atoms with E-state index in [1.807, 2.05) is 4.90 Å². The quantitative estimate of drug-likeness (QED) is 0.759. The Balaban J connectivity index is 1.35. The molecule has 0 spiro atoms. The SMILES string of the molecule is NCc1cccc(C2CCN(C(=O)NCCCN3CCOCC3)CC2)c1. The van der Waals surface area contributed by atoms with Crippen LogP contribution in [0.4, 0.5) is 4.79 Å². The normalized spacial score (nSPS) is 19.5. The number of ether oxygens (including phenoxy) is 1. The highest BCUT2D eigenvalue weighted by Gasteiger charge is 2.23. The summed E-state index contributed by atoms with van der Waals surface area (Å²) < 4.78 is 5.35. The molecule has 2 heterocycles. The fraction of sp³-hybridized carbons (Fsp3) is 0.650. The van der Waals surface area contributed by atoms with Crippen LogP contribution in [-0.2, 0) is 11.3 Å². The van der Waals surface area contributed by atoms with Crippen LogP contribution in [0, 0.1) is 0 Å². The zero-order valence-corrected chi connectivity index (χ0v) is 15.7. The molecule has 0 bridgehead atoms. The first-order chi connectivity index (χ1) is 12.8. The van der Waals surface area contributed by atoms with Crippen molar-refractivity contribution < 1.29 is 9.53 Å². The zero-order valence-electron chi connectivity index (χ0n) is 15.7. The van der Waals surface area contributed by atoms with Gasteiger partial charge in [-0.25, -0.2) is 4.79 Å². The summed E-state index contributed by atoms with van der Waals surface area (Å²) in [5.41, 5.74) is 8.29. The third-order valence-electron chi connectivity index (χ3n) is 5.47. The molecule has 6 heteroatoms. The van der Waals surface area contributed by atoms with E-state index in [4.69, 9.17) is 10.5 Å². The Morgan fingerprint density at radius 2 is 1.96 bits per heavy atom. The number of amides is 2. The van der Waals surface area contributed by atoms with Crippen LogP contribution in [0.3, 0.4) is 0 Å². The van der Waals surface area contributed by atoms with E-state index in [1.54, 1.807) is 0 Å². The van der Waals surface area contributed by atoms with Crippen LogP contribution in [0.2, 0.25) is 0 Å². The number of piperidine rings is 1. The molecule has 1 aromatic carbocycles. The van der Waals surface area contributed by atoms with Gasteiger partial charge in [-0.2, -0.15) is 0 Å². The predicted molar refractivity (Wildman–Crippen MR) is 103 cm³/mol. The average Bonchev–Trinajstić information content (AvgIpc) is 2.72. The summed E-state index contributed by atoms with van der Waals surface area (Å²) in [4.78, 5) is 16.7. The summed E-state index contributed by atoms with van der Waals surface area (Å²) in [5.74, 6) is 0.534. The maximum Gasteiger partial charge on any atom is 0.317 e. The van der Waals surface area contributed by atoms with Gasteiger partial charge in [0.15, 0.2) is 0 Å². The number of nitrogens with one attached hydrogen (secondary N) is 1. The number of benzene rings is 1. The van der Waals surface area contributed by atoms with Crippen molar-refractivity contribution in [3.63, 3.8) is 0 Å². The molecule has 144 valence electrons. The Labute approximate surface area is 156 Å². The summed E-state index contributed by atoms with van der Waals surface area (Å²) in [6.45, 7) is 7.68. The van der Waals surface area contributed by atoms with Gasteiger partial charge >= 0.3 is 6.03 Å². The van der Waals surface area contributed by atoms with Gasteiger partial charge in [-0.15, -0.1) is 0 Å². The van der Waals surface area contributed by atoms with Crippen LogP contribution in [0.5, 0.6) is 0 Å². The van der Waals surface area contributed by atoms with Crippen molar-refractivity contribution in [1.82, 2.24) is 15.1 Å². The third kappa shape index (κ3) is 5.43. The first-order valence-corrected chi connectivity index (χ1v) is 9.88. The van der Waals surface area contributed by atoms with Crippen molar-refractivity contribution in [2.24, 2.45) is 5.73 Å². The topological polar surface area (TPSA) is 70.8 Å². The minimum Gasteiger partial charge on any atom is -0.379 e.